The number of nitrogens with zero attached hydrogens (tertiary/aromatic N) is 6. The van der Waals surface area contributed by atoms with Crippen molar-refractivity contribution < 1.29 is 38.8 Å². The number of amides is 1. The summed E-state index contributed by atoms with van der Waals surface area (Å²) in [6, 6.07) is 13.7. The van der Waals surface area contributed by atoms with Crippen LogP contribution in [-0.2, 0) is 40.4 Å². The van der Waals surface area contributed by atoms with Crippen molar-refractivity contribution in [2.24, 2.45) is 5.41 Å². The van der Waals surface area contributed by atoms with E-state index in [1.165, 1.54) is 12.1 Å². The highest BCUT2D eigenvalue weighted by Gasteiger charge is 2.53. The lowest BCUT2D eigenvalue weighted by molar-refractivity contribution is -0.157. The van der Waals surface area contributed by atoms with Crippen LogP contribution in [0.1, 0.15) is 95.7 Å². The molecule has 1 saturated heterocycles. The lowest BCUT2D eigenvalue weighted by atomic mass is 9.61. The predicted molar refractivity (Wildman–Crippen MR) is 226 cm³/mol. The van der Waals surface area contributed by atoms with Crippen molar-refractivity contribution in [3.8, 4) is 40.0 Å². The van der Waals surface area contributed by atoms with Crippen molar-refractivity contribution in [1.82, 2.24) is 34.5 Å². The standard InChI is InChI=1S/C47H44FN7O8/c1-22(2)28-10-30(38(57)13-37(28)56)43-52-49-21-55(43)25-6-4-24(5-7-25)16-53-19-47(20-53)14-26(15-47)63-46(61)51-34-9-8-27-23(3)33(48)12-35-39(27)40(34)31-17-54-36(41(31)50-35)11-29-32(44(54)59)18-62-45(60)42(29)58/h4-7,10-13,21-22,26,34,42,56-58H,8-9,14-20H2,1-3H3,(H,51,61). The van der Waals surface area contributed by atoms with E-state index in [2.05, 4.69) is 32.5 Å². The molecule has 1 spiro atoms. The molecule has 63 heavy (non-hydrogen) atoms. The number of ether oxygens (including phenoxy) is 2. The van der Waals surface area contributed by atoms with Crippen LogP contribution in [-0.4, -0.2) is 75.8 Å². The Bertz CT molecular complexity index is 3000. The van der Waals surface area contributed by atoms with Crippen LogP contribution in [0.3, 0.4) is 0 Å². The Morgan fingerprint density at radius 2 is 1.83 bits per heavy atom. The molecule has 3 aromatic heterocycles. The van der Waals surface area contributed by atoms with Gasteiger partial charge in [-0.25, -0.2) is 19.0 Å². The second-order valence-corrected chi connectivity index (χ2v) is 18.2. The van der Waals surface area contributed by atoms with E-state index in [1.807, 2.05) is 30.5 Å². The number of aliphatic hydroxyl groups is 1. The highest BCUT2D eigenvalue weighted by molar-refractivity contribution is 5.93. The number of carbonyl (C=O) groups excluding carboxylic acids is 2. The zero-order valence-electron chi connectivity index (χ0n) is 34.8. The van der Waals surface area contributed by atoms with Gasteiger partial charge in [0, 0.05) is 59.4 Å². The Morgan fingerprint density at radius 1 is 1.05 bits per heavy atom. The number of pyridine rings is 2. The van der Waals surface area contributed by atoms with Gasteiger partial charge in [0.2, 0.25) is 0 Å². The maximum atomic E-state index is 15.3. The first-order chi connectivity index (χ1) is 30.3. The topological polar surface area (TPSA) is 194 Å². The number of hydrogen-bond acceptors (Lipinski definition) is 12. The normalized spacial score (nSPS) is 19.6. The van der Waals surface area contributed by atoms with Crippen molar-refractivity contribution in [2.45, 2.75) is 90.3 Å². The maximum Gasteiger partial charge on any atom is 0.407 e. The van der Waals surface area contributed by atoms with E-state index in [0.717, 1.165) is 65.8 Å². The smallest absolute Gasteiger partial charge is 0.407 e. The van der Waals surface area contributed by atoms with E-state index in [1.54, 1.807) is 30.0 Å². The van der Waals surface area contributed by atoms with Crippen molar-refractivity contribution in [3.63, 3.8) is 0 Å². The number of likely N-dealkylation sites (tertiary alicyclic amines) is 1. The Labute approximate surface area is 359 Å². The van der Waals surface area contributed by atoms with Crippen LogP contribution < -0.4 is 10.9 Å². The van der Waals surface area contributed by atoms with Crippen LogP contribution in [0.5, 0.6) is 11.5 Å². The first-order valence-electron chi connectivity index (χ1n) is 21.3. The molecule has 15 nitrogen and oxygen atoms in total. The Hall–Kier alpha value is -6.65. The van der Waals surface area contributed by atoms with Crippen molar-refractivity contribution >= 4 is 23.0 Å². The molecule has 6 heterocycles. The number of aromatic nitrogens is 5. The summed E-state index contributed by atoms with van der Waals surface area (Å²) in [5.74, 6) is -0.741. The van der Waals surface area contributed by atoms with E-state index in [-0.39, 0.29) is 59.0 Å². The fourth-order valence-electron chi connectivity index (χ4n) is 10.7. The van der Waals surface area contributed by atoms with Crippen LogP contribution >= 0.6 is 0 Å². The monoisotopic (exact) mass is 853 g/mol. The van der Waals surface area contributed by atoms with E-state index in [4.69, 9.17) is 14.5 Å². The number of phenolic OH excluding ortho intramolecular Hbond substituents is 2. The number of rotatable bonds is 7. The van der Waals surface area contributed by atoms with E-state index in [9.17, 15) is 29.7 Å². The Kier molecular flexibility index (Phi) is 8.83. The van der Waals surface area contributed by atoms with Crippen LogP contribution in [0.2, 0.25) is 0 Å². The summed E-state index contributed by atoms with van der Waals surface area (Å²) < 4.78 is 29.7. The molecule has 2 unspecified atom stereocenters. The number of alkyl carbamates (subject to hydrolysis) is 1. The number of fused-ring (bicyclic) bond motifs is 5. The fraction of sp³-hybridized carbons (Fsp3) is 0.362. The lowest BCUT2D eigenvalue weighted by Crippen LogP contribution is -2.63. The molecule has 6 aromatic rings. The lowest BCUT2D eigenvalue weighted by Gasteiger charge is -2.58. The number of benzene rings is 3. The summed E-state index contributed by atoms with van der Waals surface area (Å²) in [6.07, 6.45) is 1.77. The average molecular weight is 854 g/mol. The zero-order chi connectivity index (χ0) is 43.6. The van der Waals surface area contributed by atoms with Crippen molar-refractivity contribution in [1.29, 1.82) is 0 Å². The van der Waals surface area contributed by atoms with Gasteiger partial charge in [0.25, 0.3) is 5.56 Å². The molecule has 0 bridgehead atoms. The van der Waals surface area contributed by atoms with Gasteiger partial charge in [-0.1, -0.05) is 26.0 Å². The van der Waals surface area contributed by atoms with Crippen LogP contribution in [0.15, 0.2) is 59.7 Å². The van der Waals surface area contributed by atoms with Gasteiger partial charge in [0.15, 0.2) is 11.9 Å². The molecule has 2 fully saturated rings. The minimum atomic E-state index is -1.60. The highest BCUT2D eigenvalue weighted by Crippen LogP contribution is 2.51. The van der Waals surface area contributed by atoms with Gasteiger partial charge in [0.05, 0.1) is 40.6 Å². The van der Waals surface area contributed by atoms with Crippen LogP contribution in [0, 0.1) is 18.2 Å². The number of hydrogen-bond donors (Lipinski definition) is 4. The van der Waals surface area contributed by atoms with Crippen molar-refractivity contribution in [2.75, 3.05) is 13.1 Å². The van der Waals surface area contributed by atoms with E-state index in [0.29, 0.717) is 52.3 Å². The number of carbonyl (C=O) groups is 2. The first-order valence-corrected chi connectivity index (χ1v) is 21.3. The molecular formula is C47H44FN7O8. The van der Waals surface area contributed by atoms with Gasteiger partial charge >= 0.3 is 12.1 Å². The average Bonchev–Trinajstić information content (AvgIpc) is 3.86. The molecule has 3 aromatic carbocycles. The molecule has 5 aliphatic rings. The van der Waals surface area contributed by atoms with Gasteiger partial charge in [-0.05, 0) is 90.6 Å². The molecule has 3 aliphatic heterocycles. The molecule has 1 saturated carbocycles. The number of halogens is 1. The number of phenols is 2. The summed E-state index contributed by atoms with van der Waals surface area (Å²) in [5.41, 5.74) is 7.35. The van der Waals surface area contributed by atoms with Crippen LogP contribution in [0.4, 0.5) is 9.18 Å². The summed E-state index contributed by atoms with van der Waals surface area (Å²) in [5, 5.41) is 43.9. The third-order valence-electron chi connectivity index (χ3n) is 13.8. The number of cyclic esters (lactones) is 1. The third kappa shape index (κ3) is 6.20. The molecule has 1 amide bonds. The second kappa shape index (κ2) is 14.2. The van der Waals surface area contributed by atoms with E-state index < -0.39 is 29.8 Å². The van der Waals surface area contributed by atoms with Gasteiger partial charge in [-0.2, -0.15) is 0 Å². The van der Waals surface area contributed by atoms with Gasteiger partial charge in [-0.15, -0.1) is 10.2 Å². The largest absolute Gasteiger partial charge is 0.508 e. The van der Waals surface area contributed by atoms with Crippen LogP contribution in [0.25, 0.3) is 39.4 Å². The number of esters is 1. The first kappa shape index (κ1) is 39.2. The quantitative estimate of drug-likeness (QED) is 0.134. The summed E-state index contributed by atoms with van der Waals surface area (Å²) >= 11 is 0. The van der Waals surface area contributed by atoms with E-state index >= 15 is 4.39 Å². The third-order valence-corrected chi connectivity index (χ3v) is 13.8. The van der Waals surface area contributed by atoms with Gasteiger partial charge < -0.3 is 34.7 Å². The minimum absolute atomic E-state index is 0.0376. The second-order valence-electron chi connectivity index (χ2n) is 18.2. The molecule has 2 atom stereocenters. The minimum Gasteiger partial charge on any atom is -0.508 e. The highest BCUT2D eigenvalue weighted by atomic mass is 19.1. The fourth-order valence-corrected chi connectivity index (χ4v) is 10.7. The Morgan fingerprint density at radius 3 is 2.59 bits per heavy atom. The van der Waals surface area contributed by atoms with Crippen molar-refractivity contribution in [3.05, 3.63) is 116 Å². The summed E-state index contributed by atoms with van der Waals surface area (Å²) in [6.45, 7) is 8.14. The molecule has 11 rings (SSSR count). The predicted octanol–water partition coefficient (Wildman–Crippen LogP) is 6.12. The number of aromatic hydroxyl groups is 2. The maximum absolute atomic E-state index is 15.3. The molecule has 16 heteroatoms. The number of aliphatic hydroxyl groups excluding tert-OH is 1. The molecule has 322 valence electrons. The molecular weight excluding hydrogens is 810 g/mol. The Balaban J connectivity index is 0.749. The summed E-state index contributed by atoms with van der Waals surface area (Å²) in [4.78, 5) is 46.8. The van der Waals surface area contributed by atoms with Gasteiger partial charge in [0.1, 0.15) is 36.4 Å². The summed E-state index contributed by atoms with van der Waals surface area (Å²) in [7, 11) is 0. The molecule has 4 N–H and O–H groups in total. The zero-order valence-corrected chi connectivity index (χ0v) is 34.8. The SMILES string of the molecule is Cc1c(F)cc2nc3c(c4c2c1CCC4NC(=O)OC1CC2(C1)CN(Cc1ccc(-n4cnnc4-c4cc(C(C)C)c(O)cc4O)cc1)C2)Cn1c-3cc2c(c1=O)COC(=O)C2O. The number of nitrogens with one attached hydrogen (secondary N) is 1. The van der Waals surface area contributed by atoms with Gasteiger partial charge in [-0.3, -0.25) is 14.3 Å². The molecule has 0 radical (unpaired) electrons. The number of aryl methyl sites for hydroxylation is 1. The molecule has 2 aliphatic carbocycles.